The van der Waals surface area contributed by atoms with Crippen LogP contribution in [0.15, 0.2) is 60.7 Å². The molecule has 0 radical (unpaired) electrons. The van der Waals surface area contributed by atoms with Gasteiger partial charge in [0.25, 0.3) is 0 Å². The van der Waals surface area contributed by atoms with Gasteiger partial charge >= 0.3 is 12.2 Å². The number of carbonyl (C=O) groups is 2. The topological polar surface area (TPSA) is 105 Å². The minimum absolute atomic E-state index is 0.0797. The van der Waals surface area contributed by atoms with Crippen molar-refractivity contribution in [2.24, 2.45) is 11.5 Å². The Kier molecular flexibility index (Phi) is 5.19. The number of hydrogen-bond acceptors (Lipinski definition) is 4. The van der Waals surface area contributed by atoms with Crippen LogP contribution in [-0.4, -0.2) is 25.4 Å². The summed E-state index contributed by atoms with van der Waals surface area (Å²) in [5, 5.41) is 0. The fourth-order valence-electron chi connectivity index (χ4n) is 2.44. The maximum Gasteiger partial charge on any atom is 0.404 e. The number of primary amides is 2. The van der Waals surface area contributed by atoms with Gasteiger partial charge in [0.1, 0.15) is 13.2 Å². The monoisotopic (exact) mass is 314 g/mol. The van der Waals surface area contributed by atoms with Gasteiger partial charge in [-0.1, -0.05) is 60.7 Å². The molecule has 0 atom stereocenters. The highest BCUT2D eigenvalue weighted by molar-refractivity contribution is 5.65. The summed E-state index contributed by atoms with van der Waals surface area (Å²) in [5.74, 6) is 0. The molecule has 6 heteroatoms. The molecule has 0 fully saturated rings. The Morgan fingerprint density at radius 2 is 1.09 bits per heavy atom. The molecule has 6 nitrogen and oxygen atoms in total. The van der Waals surface area contributed by atoms with Crippen LogP contribution in [0.25, 0.3) is 0 Å². The molecule has 0 unspecified atom stereocenters. The molecule has 0 aromatic heterocycles. The molecule has 0 bridgehead atoms. The van der Waals surface area contributed by atoms with E-state index in [0.717, 1.165) is 11.1 Å². The molecule has 2 aromatic rings. The van der Waals surface area contributed by atoms with Crippen molar-refractivity contribution >= 4 is 12.2 Å². The Morgan fingerprint density at radius 3 is 1.39 bits per heavy atom. The van der Waals surface area contributed by atoms with E-state index in [0.29, 0.717) is 0 Å². The van der Waals surface area contributed by atoms with Crippen LogP contribution in [0.4, 0.5) is 9.59 Å². The molecule has 0 spiro atoms. The lowest BCUT2D eigenvalue weighted by Crippen LogP contribution is -2.41. The van der Waals surface area contributed by atoms with E-state index >= 15 is 0 Å². The molecular weight excluding hydrogens is 296 g/mol. The van der Waals surface area contributed by atoms with Crippen LogP contribution < -0.4 is 11.5 Å². The lowest BCUT2D eigenvalue weighted by atomic mass is 9.75. The molecule has 0 aliphatic heterocycles. The Labute approximate surface area is 134 Å². The minimum atomic E-state index is -0.902. The van der Waals surface area contributed by atoms with Gasteiger partial charge in [0.2, 0.25) is 0 Å². The Morgan fingerprint density at radius 1 is 0.739 bits per heavy atom. The van der Waals surface area contributed by atoms with E-state index in [2.05, 4.69) is 0 Å². The molecule has 2 rings (SSSR count). The molecule has 2 aromatic carbocycles. The summed E-state index contributed by atoms with van der Waals surface area (Å²) >= 11 is 0. The number of nitrogens with two attached hydrogens (primary N) is 2. The third-order valence-electron chi connectivity index (χ3n) is 3.57. The van der Waals surface area contributed by atoms with E-state index in [4.69, 9.17) is 20.9 Å². The van der Waals surface area contributed by atoms with Crippen molar-refractivity contribution in [2.45, 2.75) is 5.41 Å². The van der Waals surface area contributed by atoms with Crippen LogP contribution in [0.3, 0.4) is 0 Å². The highest BCUT2D eigenvalue weighted by Crippen LogP contribution is 2.33. The van der Waals surface area contributed by atoms with Gasteiger partial charge in [-0.2, -0.15) is 0 Å². The summed E-state index contributed by atoms with van der Waals surface area (Å²) in [5.41, 5.74) is 11.0. The summed E-state index contributed by atoms with van der Waals surface area (Å²) in [7, 11) is 0. The van der Waals surface area contributed by atoms with Gasteiger partial charge in [-0.3, -0.25) is 0 Å². The van der Waals surface area contributed by atoms with Gasteiger partial charge < -0.3 is 20.9 Å². The second-order valence-corrected chi connectivity index (χ2v) is 5.03. The van der Waals surface area contributed by atoms with Crippen molar-refractivity contribution in [1.82, 2.24) is 0 Å². The summed E-state index contributed by atoms with van der Waals surface area (Å²) in [6, 6.07) is 18.6. The van der Waals surface area contributed by atoms with Crippen LogP contribution in [0.5, 0.6) is 0 Å². The minimum Gasteiger partial charge on any atom is -0.448 e. The largest absolute Gasteiger partial charge is 0.448 e. The van der Waals surface area contributed by atoms with Gasteiger partial charge in [0.15, 0.2) is 0 Å². The van der Waals surface area contributed by atoms with Crippen LogP contribution >= 0.6 is 0 Å². The number of amides is 2. The quantitative estimate of drug-likeness (QED) is 0.852. The molecule has 0 aliphatic carbocycles. The highest BCUT2D eigenvalue weighted by atomic mass is 16.6. The fraction of sp³-hybridized carbons (Fsp3) is 0.176. The van der Waals surface area contributed by atoms with E-state index in [1.807, 2.05) is 60.7 Å². The molecule has 0 saturated heterocycles. The van der Waals surface area contributed by atoms with E-state index in [9.17, 15) is 9.59 Å². The summed E-state index contributed by atoms with van der Waals surface area (Å²) in [4.78, 5) is 22.2. The zero-order chi connectivity index (χ0) is 16.7. The predicted molar refractivity (Wildman–Crippen MR) is 84.7 cm³/mol. The first-order valence-electron chi connectivity index (χ1n) is 7.00. The van der Waals surface area contributed by atoms with E-state index in [1.165, 1.54) is 0 Å². The maximum atomic E-state index is 11.1. The van der Waals surface area contributed by atoms with Gasteiger partial charge in [0.05, 0.1) is 5.41 Å². The third kappa shape index (κ3) is 4.00. The maximum absolute atomic E-state index is 11.1. The van der Waals surface area contributed by atoms with Crippen molar-refractivity contribution in [3.8, 4) is 0 Å². The fourth-order valence-corrected chi connectivity index (χ4v) is 2.44. The molecular formula is C17H18N2O4. The van der Waals surface area contributed by atoms with Crippen molar-refractivity contribution in [3.63, 3.8) is 0 Å². The first-order chi connectivity index (χ1) is 11.0. The van der Waals surface area contributed by atoms with Crippen molar-refractivity contribution in [2.75, 3.05) is 13.2 Å². The van der Waals surface area contributed by atoms with Crippen LogP contribution in [-0.2, 0) is 14.9 Å². The Balaban J connectivity index is 2.52. The average molecular weight is 314 g/mol. The summed E-state index contributed by atoms with van der Waals surface area (Å²) in [6.45, 7) is -0.159. The lowest BCUT2D eigenvalue weighted by molar-refractivity contribution is 0.0898. The van der Waals surface area contributed by atoms with Crippen LogP contribution in [0, 0.1) is 0 Å². The Hall–Kier alpha value is -3.02. The SMILES string of the molecule is NC(=O)OCC(COC(N)=O)(c1ccccc1)c1ccccc1. The third-order valence-corrected chi connectivity index (χ3v) is 3.57. The van der Waals surface area contributed by atoms with E-state index < -0.39 is 17.6 Å². The molecule has 23 heavy (non-hydrogen) atoms. The first kappa shape index (κ1) is 16.4. The molecule has 0 saturated carbocycles. The standard InChI is InChI=1S/C17H18N2O4/c18-15(20)22-11-17(12-23-16(19)21,13-7-3-1-4-8-13)14-9-5-2-6-10-14/h1-10H,11-12H2,(H2,18,20)(H2,19,21). The lowest BCUT2D eigenvalue weighted by Gasteiger charge is -2.33. The van der Waals surface area contributed by atoms with Crippen molar-refractivity contribution in [1.29, 1.82) is 0 Å². The number of hydrogen-bond donors (Lipinski definition) is 2. The van der Waals surface area contributed by atoms with Crippen LogP contribution in [0.2, 0.25) is 0 Å². The molecule has 4 N–H and O–H groups in total. The number of benzene rings is 2. The zero-order valence-corrected chi connectivity index (χ0v) is 12.5. The van der Waals surface area contributed by atoms with E-state index in [-0.39, 0.29) is 13.2 Å². The van der Waals surface area contributed by atoms with Crippen LogP contribution in [0.1, 0.15) is 11.1 Å². The first-order valence-corrected chi connectivity index (χ1v) is 7.00. The average Bonchev–Trinajstić information content (AvgIpc) is 2.56. The van der Waals surface area contributed by atoms with Crippen molar-refractivity contribution in [3.05, 3.63) is 71.8 Å². The molecule has 0 heterocycles. The van der Waals surface area contributed by atoms with Gasteiger partial charge in [-0.25, -0.2) is 9.59 Å². The van der Waals surface area contributed by atoms with Gasteiger partial charge in [-0.15, -0.1) is 0 Å². The second kappa shape index (κ2) is 7.31. The highest BCUT2D eigenvalue weighted by Gasteiger charge is 2.37. The zero-order valence-electron chi connectivity index (χ0n) is 12.5. The molecule has 2 amide bonds. The predicted octanol–water partition coefficient (Wildman–Crippen LogP) is 2.16. The van der Waals surface area contributed by atoms with Gasteiger partial charge in [0, 0.05) is 0 Å². The summed E-state index contributed by atoms with van der Waals surface area (Å²) < 4.78 is 10.1. The molecule has 0 aliphatic rings. The second-order valence-electron chi connectivity index (χ2n) is 5.03. The van der Waals surface area contributed by atoms with E-state index in [1.54, 1.807) is 0 Å². The number of rotatable bonds is 6. The number of carbonyl (C=O) groups excluding carboxylic acids is 2. The normalized spacial score (nSPS) is 10.8. The number of ether oxygens (including phenoxy) is 2. The summed E-state index contributed by atoms with van der Waals surface area (Å²) in [6.07, 6.45) is -1.80. The molecule has 120 valence electrons. The van der Waals surface area contributed by atoms with Gasteiger partial charge in [-0.05, 0) is 11.1 Å². The Bertz CT molecular complexity index is 599. The van der Waals surface area contributed by atoms with Crippen molar-refractivity contribution < 1.29 is 19.1 Å². The smallest absolute Gasteiger partial charge is 0.404 e.